The number of carbonyl (C=O) groups is 1. The second kappa shape index (κ2) is 11.1. The summed E-state index contributed by atoms with van der Waals surface area (Å²) in [6, 6.07) is 21.8. The third-order valence-electron chi connectivity index (χ3n) is 6.03. The molecule has 0 aliphatic carbocycles. The van der Waals surface area contributed by atoms with Crippen molar-refractivity contribution in [1.29, 1.82) is 0 Å². The Bertz CT molecular complexity index is 1350. The summed E-state index contributed by atoms with van der Waals surface area (Å²) in [7, 11) is 0. The van der Waals surface area contributed by atoms with Crippen LogP contribution in [-0.2, 0) is 4.79 Å². The number of carbonyl (C=O) groups excluding carboxylic acids is 1. The molecule has 1 heterocycles. The Morgan fingerprint density at radius 2 is 1.86 bits per heavy atom. The first kappa shape index (κ1) is 25.0. The van der Waals surface area contributed by atoms with Crippen LogP contribution >= 0.6 is 23.4 Å². The predicted octanol–water partition coefficient (Wildman–Crippen LogP) is 7.45. The van der Waals surface area contributed by atoms with Gasteiger partial charge in [-0.1, -0.05) is 79.7 Å². The molecule has 0 aliphatic rings. The Kier molecular flexibility index (Phi) is 7.93. The van der Waals surface area contributed by atoms with Crippen molar-refractivity contribution < 1.29 is 4.79 Å². The predicted molar refractivity (Wildman–Crippen MR) is 146 cm³/mol. The number of rotatable bonds is 8. The first-order valence-corrected chi connectivity index (χ1v) is 13.0. The molecule has 0 saturated heterocycles. The van der Waals surface area contributed by atoms with Gasteiger partial charge >= 0.3 is 0 Å². The zero-order chi connectivity index (χ0) is 24.9. The summed E-state index contributed by atoms with van der Waals surface area (Å²) in [5, 5.41) is 13.3. The highest BCUT2D eigenvalue weighted by molar-refractivity contribution is 7.99. The van der Waals surface area contributed by atoms with Crippen molar-refractivity contribution in [1.82, 2.24) is 14.8 Å². The molecule has 0 unspecified atom stereocenters. The maximum absolute atomic E-state index is 12.9. The number of aromatic nitrogens is 3. The van der Waals surface area contributed by atoms with Crippen LogP contribution in [0.3, 0.4) is 0 Å². The fourth-order valence-corrected chi connectivity index (χ4v) is 4.87. The number of aryl methyl sites for hydroxylation is 2. The van der Waals surface area contributed by atoms with E-state index in [2.05, 4.69) is 67.5 Å². The Balaban J connectivity index is 1.63. The second-order valence-electron chi connectivity index (χ2n) is 8.68. The average molecular weight is 505 g/mol. The number of nitrogens with zero attached hydrogens (tertiary/aromatic N) is 3. The summed E-state index contributed by atoms with van der Waals surface area (Å²) in [6.45, 7) is 8.44. The third-order valence-corrected chi connectivity index (χ3v) is 7.20. The minimum atomic E-state index is -0.0782. The number of hydrogen-bond acceptors (Lipinski definition) is 4. The van der Waals surface area contributed by atoms with Gasteiger partial charge in [0.2, 0.25) is 5.91 Å². The Labute approximate surface area is 215 Å². The molecule has 35 heavy (non-hydrogen) atoms. The summed E-state index contributed by atoms with van der Waals surface area (Å²) in [5.74, 6) is 1.19. The monoisotopic (exact) mass is 504 g/mol. The maximum Gasteiger partial charge on any atom is 0.234 e. The van der Waals surface area contributed by atoms with Crippen molar-refractivity contribution in [2.75, 3.05) is 11.1 Å². The number of halogens is 1. The lowest BCUT2D eigenvalue weighted by atomic mass is 9.97. The Morgan fingerprint density at radius 1 is 1.06 bits per heavy atom. The van der Waals surface area contributed by atoms with Gasteiger partial charge in [0, 0.05) is 16.3 Å². The van der Waals surface area contributed by atoms with E-state index in [9.17, 15) is 4.79 Å². The van der Waals surface area contributed by atoms with Crippen LogP contribution in [0.2, 0.25) is 5.02 Å². The van der Waals surface area contributed by atoms with Crippen LogP contribution in [0.5, 0.6) is 0 Å². The summed E-state index contributed by atoms with van der Waals surface area (Å²) in [5.41, 5.74) is 6.08. The van der Waals surface area contributed by atoms with E-state index in [4.69, 9.17) is 11.6 Å². The molecule has 0 saturated carbocycles. The summed E-state index contributed by atoms with van der Waals surface area (Å²) in [6.07, 6.45) is 1.01. The maximum atomic E-state index is 12.9. The van der Waals surface area contributed by atoms with Crippen molar-refractivity contribution in [3.63, 3.8) is 0 Å². The first-order valence-electron chi connectivity index (χ1n) is 11.7. The molecule has 4 rings (SSSR count). The number of amides is 1. The molecule has 4 aromatic rings. The fraction of sp³-hybridized carbons (Fsp3) is 0.250. The minimum absolute atomic E-state index is 0.0782. The SMILES string of the molecule is CC[C@@H](C)c1ccccc1NC(=O)CSc1nnc(-c2cccc(Cl)c2)n1-c1cc(C)ccc1C. The molecular formula is C28H29ClN4OS. The van der Waals surface area contributed by atoms with Crippen molar-refractivity contribution in [2.24, 2.45) is 0 Å². The lowest BCUT2D eigenvalue weighted by Crippen LogP contribution is -2.16. The van der Waals surface area contributed by atoms with Gasteiger partial charge in [-0.05, 0) is 67.1 Å². The lowest BCUT2D eigenvalue weighted by molar-refractivity contribution is -0.113. The number of benzene rings is 3. The highest BCUT2D eigenvalue weighted by Gasteiger charge is 2.19. The number of nitrogens with one attached hydrogen (secondary N) is 1. The van der Waals surface area contributed by atoms with Gasteiger partial charge < -0.3 is 5.32 Å². The van der Waals surface area contributed by atoms with Crippen molar-refractivity contribution >= 4 is 35.0 Å². The molecule has 1 amide bonds. The van der Waals surface area contributed by atoms with Crippen LogP contribution in [0.15, 0.2) is 71.9 Å². The van der Waals surface area contributed by atoms with Crippen molar-refractivity contribution in [3.05, 3.63) is 88.4 Å². The van der Waals surface area contributed by atoms with Crippen LogP contribution in [0.4, 0.5) is 5.69 Å². The molecule has 7 heteroatoms. The Hall–Kier alpha value is -3.09. The van der Waals surface area contributed by atoms with Gasteiger partial charge in [0.15, 0.2) is 11.0 Å². The molecule has 0 radical (unpaired) electrons. The highest BCUT2D eigenvalue weighted by atomic mass is 35.5. The standard InChI is InChI=1S/C28H29ClN4OS/c1-5-19(3)23-11-6-7-12-24(23)30-26(34)17-35-28-32-31-27(21-9-8-10-22(29)16-21)33(28)25-15-18(2)13-14-20(25)4/h6-16,19H,5,17H2,1-4H3,(H,30,34)/t19-/m1/s1. The van der Waals surface area contributed by atoms with Crippen LogP contribution in [0.25, 0.3) is 17.1 Å². The Morgan fingerprint density at radius 3 is 2.63 bits per heavy atom. The van der Waals surface area contributed by atoms with E-state index in [0.29, 0.717) is 21.9 Å². The van der Waals surface area contributed by atoms with Gasteiger partial charge in [-0.15, -0.1) is 10.2 Å². The highest BCUT2D eigenvalue weighted by Crippen LogP contribution is 2.32. The van der Waals surface area contributed by atoms with Gasteiger partial charge in [-0.2, -0.15) is 0 Å². The molecule has 0 aliphatic heterocycles. The first-order chi connectivity index (χ1) is 16.9. The third kappa shape index (κ3) is 5.77. The molecule has 0 bridgehead atoms. The van der Waals surface area contributed by atoms with E-state index < -0.39 is 0 Å². The second-order valence-corrected chi connectivity index (χ2v) is 10.1. The molecule has 1 aromatic heterocycles. The van der Waals surface area contributed by atoms with Crippen LogP contribution in [0.1, 0.15) is 42.9 Å². The van der Waals surface area contributed by atoms with E-state index in [-0.39, 0.29) is 11.7 Å². The van der Waals surface area contributed by atoms with Crippen LogP contribution in [0, 0.1) is 13.8 Å². The van der Waals surface area contributed by atoms with Gasteiger partial charge in [0.1, 0.15) is 0 Å². The minimum Gasteiger partial charge on any atom is -0.325 e. The van der Waals surface area contributed by atoms with Crippen LogP contribution < -0.4 is 5.32 Å². The van der Waals surface area contributed by atoms with Gasteiger partial charge in [0.05, 0.1) is 11.4 Å². The normalized spacial score (nSPS) is 11.9. The summed E-state index contributed by atoms with van der Waals surface area (Å²) >= 11 is 7.63. The van der Waals surface area contributed by atoms with E-state index in [0.717, 1.165) is 40.0 Å². The van der Waals surface area contributed by atoms with Gasteiger partial charge in [-0.3, -0.25) is 9.36 Å². The largest absolute Gasteiger partial charge is 0.325 e. The molecule has 0 spiro atoms. The zero-order valence-electron chi connectivity index (χ0n) is 20.4. The molecular weight excluding hydrogens is 476 g/mol. The zero-order valence-corrected chi connectivity index (χ0v) is 22.0. The van der Waals surface area contributed by atoms with Gasteiger partial charge in [-0.25, -0.2) is 0 Å². The molecule has 180 valence electrons. The van der Waals surface area contributed by atoms with E-state index >= 15 is 0 Å². The molecule has 5 nitrogen and oxygen atoms in total. The number of thioether (sulfide) groups is 1. The topological polar surface area (TPSA) is 59.8 Å². The molecule has 1 N–H and O–H groups in total. The quantitative estimate of drug-likeness (QED) is 0.253. The number of para-hydroxylation sites is 1. The lowest BCUT2D eigenvalue weighted by Gasteiger charge is -2.16. The molecule has 3 aromatic carbocycles. The van der Waals surface area contributed by atoms with E-state index in [1.807, 2.05) is 47.0 Å². The fourth-order valence-electron chi connectivity index (χ4n) is 3.93. The van der Waals surface area contributed by atoms with E-state index in [1.165, 1.54) is 11.8 Å². The smallest absolute Gasteiger partial charge is 0.234 e. The molecule has 0 fully saturated rings. The van der Waals surface area contributed by atoms with Crippen molar-refractivity contribution in [3.8, 4) is 17.1 Å². The summed E-state index contributed by atoms with van der Waals surface area (Å²) < 4.78 is 2.01. The summed E-state index contributed by atoms with van der Waals surface area (Å²) in [4.78, 5) is 12.9. The van der Waals surface area contributed by atoms with E-state index in [1.54, 1.807) is 0 Å². The van der Waals surface area contributed by atoms with Crippen LogP contribution in [-0.4, -0.2) is 26.4 Å². The number of hydrogen-bond donors (Lipinski definition) is 1. The van der Waals surface area contributed by atoms with Crippen molar-refractivity contribution in [2.45, 2.75) is 45.2 Å². The molecule has 1 atom stereocenters. The van der Waals surface area contributed by atoms with Gasteiger partial charge in [0.25, 0.3) is 0 Å². The average Bonchev–Trinajstić information content (AvgIpc) is 3.28. The number of anilines is 1.